The lowest BCUT2D eigenvalue weighted by molar-refractivity contribution is -0.118. The maximum Gasteiger partial charge on any atom is 0.244 e. The van der Waals surface area contributed by atoms with Crippen molar-refractivity contribution < 1.29 is 9.18 Å². The molecule has 1 amide bonds. The molecule has 1 aromatic rings. The molecule has 0 aromatic heterocycles. The number of hydrogen-bond donors (Lipinski definition) is 1. The average molecular weight is 259 g/mol. The third-order valence-electron chi connectivity index (χ3n) is 3.59. The van der Waals surface area contributed by atoms with Gasteiger partial charge >= 0.3 is 0 Å². The van der Waals surface area contributed by atoms with Gasteiger partial charge in [-0.15, -0.1) is 0 Å². The fraction of sp³-hybridized carbons (Fsp3) is 0.429. The van der Waals surface area contributed by atoms with Crippen LogP contribution in [0.15, 0.2) is 18.2 Å². The lowest BCUT2D eigenvalue weighted by atomic mass is 10.1. The molecule has 1 unspecified atom stereocenters. The Hall–Kier alpha value is -1.93. The quantitative estimate of drug-likeness (QED) is 0.896. The molecule has 1 aliphatic carbocycles. The molecule has 1 aromatic carbocycles. The molecular formula is C14H14FN3O. The highest BCUT2D eigenvalue weighted by Crippen LogP contribution is 2.28. The monoisotopic (exact) mass is 259 g/mol. The van der Waals surface area contributed by atoms with Crippen molar-refractivity contribution in [1.29, 1.82) is 5.26 Å². The highest BCUT2D eigenvalue weighted by Gasteiger charge is 2.36. The molecule has 3 rings (SSSR count). The van der Waals surface area contributed by atoms with Crippen LogP contribution < -0.4 is 10.2 Å². The lowest BCUT2D eigenvalue weighted by Crippen LogP contribution is -2.39. The number of anilines is 1. The maximum atomic E-state index is 13.1. The Morgan fingerprint density at radius 1 is 1.37 bits per heavy atom. The summed E-state index contributed by atoms with van der Waals surface area (Å²) in [5, 5.41) is 12.3. The predicted molar refractivity (Wildman–Crippen MR) is 68.0 cm³/mol. The fourth-order valence-corrected chi connectivity index (χ4v) is 2.44. The molecule has 0 spiro atoms. The van der Waals surface area contributed by atoms with Gasteiger partial charge in [0.25, 0.3) is 0 Å². The van der Waals surface area contributed by atoms with Gasteiger partial charge in [0.1, 0.15) is 11.9 Å². The molecule has 1 saturated heterocycles. The van der Waals surface area contributed by atoms with Crippen molar-refractivity contribution in [3.8, 4) is 6.07 Å². The summed E-state index contributed by atoms with van der Waals surface area (Å²) in [4.78, 5) is 13.9. The van der Waals surface area contributed by atoms with E-state index < -0.39 is 5.82 Å². The SMILES string of the molecule is N#Cc1cc(F)ccc1N1CCC(NC2CC2)C1=O. The van der Waals surface area contributed by atoms with Crippen LogP contribution in [0.2, 0.25) is 0 Å². The average Bonchev–Trinajstić information content (AvgIpc) is 3.15. The van der Waals surface area contributed by atoms with Gasteiger partial charge in [0.15, 0.2) is 0 Å². The predicted octanol–water partition coefficient (Wildman–Crippen LogP) is 1.55. The van der Waals surface area contributed by atoms with Crippen LogP contribution in [0.3, 0.4) is 0 Å². The van der Waals surface area contributed by atoms with E-state index in [2.05, 4.69) is 5.32 Å². The van der Waals surface area contributed by atoms with Crippen LogP contribution in [0.5, 0.6) is 0 Å². The zero-order chi connectivity index (χ0) is 13.4. The molecule has 1 saturated carbocycles. The minimum atomic E-state index is -0.459. The summed E-state index contributed by atoms with van der Waals surface area (Å²) >= 11 is 0. The van der Waals surface area contributed by atoms with Crippen molar-refractivity contribution in [2.45, 2.75) is 31.3 Å². The number of nitrogens with zero attached hydrogens (tertiary/aromatic N) is 2. The van der Waals surface area contributed by atoms with E-state index in [4.69, 9.17) is 5.26 Å². The summed E-state index contributed by atoms with van der Waals surface area (Å²) in [7, 11) is 0. The van der Waals surface area contributed by atoms with E-state index in [1.807, 2.05) is 6.07 Å². The number of hydrogen-bond acceptors (Lipinski definition) is 3. The number of carbonyl (C=O) groups is 1. The normalized spacial score (nSPS) is 22.6. The van der Waals surface area contributed by atoms with Crippen LogP contribution in [-0.2, 0) is 4.79 Å². The summed E-state index contributed by atoms with van der Waals surface area (Å²) in [5.41, 5.74) is 0.717. The van der Waals surface area contributed by atoms with Gasteiger partial charge in [0.2, 0.25) is 5.91 Å². The minimum Gasteiger partial charge on any atom is -0.310 e. The van der Waals surface area contributed by atoms with Crippen LogP contribution in [0.4, 0.5) is 10.1 Å². The molecule has 2 aliphatic rings. The Kier molecular flexibility index (Phi) is 2.96. The number of nitriles is 1. The molecule has 19 heavy (non-hydrogen) atoms. The van der Waals surface area contributed by atoms with Crippen molar-refractivity contribution in [2.75, 3.05) is 11.4 Å². The Balaban J connectivity index is 1.83. The summed E-state index contributed by atoms with van der Waals surface area (Å²) in [5.74, 6) is -0.477. The molecule has 5 heteroatoms. The second kappa shape index (κ2) is 4.63. The van der Waals surface area contributed by atoms with Gasteiger partial charge < -0.3 is 10.2 Å². The smallest absolute Gasteiger partial charge is 0.244 e. The van der Waals surface area contributed by atoms with Crippen LogP contribution >= 0.6 is 0 Å². The zero-order valence-corrected chi connectivity index (χ0v) is 10.4. The standard InChI is InChI=1S/C14H14FN3O/c15-10-1-4-13(9(7-10)8-16)18-6-5-12(14(18)19)17-11-2-3-11/h1,4,7,11-12,17H,2-3,5-6H2. The van der Waals surface area contributed by atoms with E-state index in [9.17, 15) is 9.18 Å². The third-order valence-corrected chi connectivity index (χ3v) is 3.59. The van der Waals surface area contributed by atoms with Crippen molar-refractivity contribution in [3.63, 3.8) is 0 Å². The number of rotatable bonds is 3. The molecule has 1 aliphatic heterocycles. The summed E-state index contributed by atoms with van der Waals surface area (Å²) in [6.07, 6.45) is 2.99. The van der Waals surface area contributed by atoms with E-state index in [0.29, 0.717) is 18.3 Å². The van der Waals surface area contributed by atoms with Gasteiger partial charge in [-0.3, -0.25) is 4.79 Å². The number of amides is 1. The van der Waals surface area contributed by atoms with E-state index in [0.717, 1.165) is 19.3 Å². The van der Waals surface area contributed by atoms with Gasteiger partial charge in [0, 0.05) is 12.6 Å². The maximum absolute atomic E-state index is 13.1. The molecule has 1 atom stereocenters. The van der Waals surface area contributed by atoms with Crippen LogP contribution in [-0.4, -0.2) is 24.5 Å². The number of halogens is 1. The highest BCUT2D eigenvalue weighted by molar-refractivity contribution is 6.00. The third kappa shape index (κ3) is 2.32. The lowest BCUT2D eigenvalue weighted by Gasteiger charge is -2.18. The molecule has 1 N–H and O–H groups in total. The number of carbonyl (C=O) groups excluding carboxylic acids is 1. The van der Waals surface area contributed by atoms with Crippen molar-refractivity contribution in [2.24, 2.45) is 0 Å². The molecule has 98 valence electrons. The Morgan fingerprint density at radius 3 is 2.84 bits per heavy atom. The van der Waals surface area contributed by atoms with E-state index in [1.54, 1.807) is 4.90 Å². The molecule has 4 nitrogen and oxygen atoms in total. The van der Waals surface area contributed by atoms with Crippen LogP contribution in [0, 0.1) is 17.1 Å². The number of nitrogens with one attached hydrogen (secondary N) is 1. The van der Waals surface area contributed by atoms with Crippen LogP contribution in [0.25, 0.3) is 0 Å². The zero-order valence-electron chi connectivity index (χ0n) is 10.4. The second-order valence-corrected chi connectivity index (χ2v) is 5.05. The summed E-state index contributed by atoms with van der Waals surface area (Å²) in [6.45, 7) is 0.573. The number of benzene rings is 1. The molecule has 1 heterocycles. The summed E-state index contributed by atoms with van der Waals surface area (Å²) < 4.78 is 13.1. The molecule has 0 radical (unpaired) electrons. The Morgan fingerprint density at radius 2 is 2.16 bits per heavy atom. The Labute approximate surface area is 110 Å². The van der Waals surface area contributed by atoms with E-state index in [1.165, 1.54) is 18.2 Å². The van der Waals surface area contributed by atoms with Gasteiger partial charge in [-0.2, -0.15) is 5.26 Å². The topological polar surface area (TPSA) is 56.1 Å². The van der Waals surface area contributed by atoms with Gasteiger partial charge in [-0.1, -0.05) is 0 Å². The summed E-state index contributed by atoms with van der Waals surface area (Å²) in [6, 6.07) is 6.21. The van der Waals surface area contributed by atoms with E-state index >= 15 is 0 Å². The first-order valence-corrected chi connectivity index (χ1v) is 6.46. The van der Waals surface area contributed by atoms with E-state index in [-0.39, 0.29) is 17.5 Å². The van der Waals surface area contributed by atoms with Crippen LogP contribution in [0.1, 0.15) is 24.8 Å². The van der Waals surface area contributed by atoms with Gasteiger partial charge in [-0.25, -0.2) is 4.39 Å². The molecule has 2 fully saturated rings. The first-order chi connectivity index (χ1) is 9.19. The Bertz CT molecular complexity index is 562. The minimum absolute atomic E-state index is 0.0185. The van der Waals surface area contributed by atoms with Gasteiger partial charge in [-0.05, 0) is 37.5 Å². The first kappa shape index (κ1) is 12.1. The molecule has 0 bridgehead atoms. The van der Waals surface area contributed by atoms with Crippen molar-refractivity contribution in [1.82, 2.24) is 5.32 Å². The second-order valence-electron chi connectivity index (χ2n) is 5.05. The van der Waals surface area contributed by atoms with Crippen molar-refractivity contribution >= 4 is 11.6 Å². The van der Waals surface area contributed by atoms with Gasteiger partial charge in [0.05, 0.1) is 17.3 Å². The van der Waals surface area contributed by atoms with Crippen molar-refractivity contribution in [3.05, 3.63) is 29.6 Å². The molecular weight excluding hydrogens is 245 g/mol. The largest absolute Gasteiger partial charge is 0.310 e. The highest BCUT2D eigenvalue weighted by atomic mass is 19.1. The fourth-order valence-electron chi connectivity index (χ4n) is 2.44. The first-order valence-electron chi connectivity index (χ1n) is 6.46.